The number of esters is 1. The zero-order valence-electron chi connectivity index (χ0n) is 14.9. The summed E-state index contributed by atoms with van der Waals surface area (Å²) < 4.78 is 11.1. The molecule has 2 aromatic carbocycles. The van der Waals surface area contributed by atoms with E-state index in [4.69, 9.17) is 9.15 Å². The van der Waals surface area contributed by atoms with Crippen LogP contribution in [0.3, 0.4) is 0 Å². The van der Waals surface area contributed by atoms with Gasteiger partial charge in [-0.15, -0.1) is 0 Å². The van der Waals surface area contributed by atoms with Crippen molar-refractivity contribution in [1.29, 1.82) is 0 Å². The Hall–Kier alpha value is -3.93. The summed E-state index contributed by atoms with van der Waals surface area (Å²) in [5.74, 6) is 1.10. The van der Waals surface area contributed by atoms with E-state index in [0.29, 0.717) is 28.4 Å². The Labute approximate surface area is 160 Å². The fourth-order valence-electron chi connectivity index (χ4n) is 2.84. The number of ether oxygens (including phenoxy) is 1. The fraction of sp³-hybridized carbons (Fsp3) is 0.0455. The molecule has 2 heterocycles. The van der Waals surface area contributed by atoms with Crippen molar-refractivity contribution in [2.45, 2.75) is 6.92 Å². The van der Waals surface area contributed by atoms with E-state index in [-0.39, 0.29) is 5.69 Å². The highest BCUT2D eigenvalue weighted by Crippen LogP contribution is 2.29. The molecule has 0 atom stereocenters. The first kappa shape index (κ1) is 17.5. The number of furan rings is 1. The molecule has 0 saturated carbocycles. The molecule has 0 aliphatic carbocycles. The standard InChI is InChI=1S/C22H15NO5/c1-14-2-4-16(5-3-14)21-13-17(22(24)28-21)12-19-10-11-20(27-19)15-6-8-18(9-7-15)23(25)26/h2-13H,1H3/b17-12-. The van der Waals surface area contributed by atoms with Gasteiger partial charge in [0.15, 0.2) is 0 Å². The van der Waals surface area contributed by atoms with Crippen molar-refractivity contribution in [1.82, 2.24) is 0 Å². The first-order valence-electron chi connectivity index (χ1n) is 8.57. The van der Waals surface area contributed by atoms with E-state index in [1.807, 2.05) is 31.2 Å². The van der Waals surface area contributed by atoms with Crippen LogP contribution in [0.15, 0.2) is 76.7 Å². The lowest BCUT2D eigenvalue weighted by Crippen LogP contribution is -1.96. The number of nitro benzene ring substituents is 1. The van der Waals surface area contributed by atoms with Crippen LogP contribution in [0.4, 0.5) is 5.69 Å². The highest BCUT2D eigenvalue weighted by molar-refractivity contribution is 6.04. The Bertz CT molecular complexity index is 1120. The summed E-state index contributed by atoms with van der Waals surface area (Å²) >= 11 is 0. The number of cyclic esters (lactones) is 1. The van der Waals surface area contributed by atoms with Gasteiger partial charge in [0.25, 0.3) is 5.69 Å². The van der Waals surface area contributed by atoms with Crippen molar-refractivity contribution in [3.05, 3.63) is 99.3 Å². The highest BCUT2D eigenvalue weighted by Gasteiger charge is 2.22. The third kappa shape index (κ3) is 3.48. The molecule has 0 spiro atoms. The maximum absolute atomic E-state index is 12.2. The first-order valence-corrected chi connectivity index (χ1v) is 8.57. The van der Waals surface area contributed by atoms with Crippen LogP contribution in [0.5, 0.6) is 0 Å². The molecule has 0 unspecified atom stereocenters. The predicted octanol–water partition coefficient (Wildman–Crippen LogP) is 5.14. The second-order valence-electron chi connectivity index (χ2n) is 6.37. The van der Waals surface area contributed by atoms with Crippen molar-refractivity contribution in [2.75, 3.05) is 0 Å². The third-order valence-corrected chi connectivity index (χ3v) is 4.35. The molecule has 4 rings (SSSR count). The lowest BCUT2D eigenvalue weighted by molar-refractivity contribution is -0.384. The second-order valence-corrected chi connectivity index (χ2v) is 6.37. The molecule has 3 aromatic rings. The Morgan fingerprint density at radius 1 is 0.929 bits per heavy atom. The number of non-ortho nitro benzene ring substituents is 1. The van der Waals surface area contributed by atoms with Gasteiger partial charge in [-0.25, -0.2) is 4.79 Å². The summed E-state index contributed by atoms with van der Waals surface area (Å²) in [4.78, 5) is 22.5. The van der Waals surface area contributed by atoms with E-state index in [0.717, 1.165) is 11.1 Å². The second kappa shape index (κ2) is 7.00. The molecule has 0 fully saturated rings. The largest absolute Gasteiger partial charge is 0.457 e. The number of hydrogen-bond acceptors (Lipinski definition) is 5. The zero-order valence-corrected chi connectivity index (χ0v) is 14.9. The summed E-state index contributed by atoms with van der Waals surface area (Å²) in [6.07, 6.45) is 3.29. The molecular weight excluding hydrogens is 358 g/mol. The molecule has 0 bridgehead atoms. The van der Waals surface area contributed by atoms with E-state index in [2.05, 4.69) is 0 Å². The third-order valence-electron chi connectivity index (χ3n) is 4.35. The molecule has 0 saturated heterocycles. The summed E-state index contributed by atoms with van der Waals surface area (Å²) in [6.45, 7) is 1.99. The number of aryl methyl sites for hydroxylation is 1. The van der Waals surface area contributed by atoms with Gasteiger partial charge in [0, 0.05) is 23.3 Å². The van der Waals surface area contributed by atoms with Crippen molar-refractivity contribution in [3.63, 3.8) is 0 Å². The van der Waals surface area contributed by atoms with Gasteiger partial charge in [0.1, 0.15) is 17.3 Å². The normalized spacial score (nSPS) is 14.8. The van der Waals surface area contributed by atoms with Crippen molar-refractivity contribution in [2.24, 2.45) is 0 Å². The molecule has 6 nitrogen and oxygen atoms in total. The van der Waals surface area contributed by atoms with Gasteiger partial charge in [-0.3, -0.25) is 10.1 Å². The minimum atomic E-state index is -0.453. The number of carbonyl (C=O) groups excluding carboxylic acids is 1. The van der Waals surface area contributed by atoms with Crippen molar-refractivity contribution < 1.29 is 18.9 Å². The predicted molar refractivity (Wildman–Crippen MR) is 104 cm³/mol. The number of benzene rings is 2. The van der Waals surface area contributed by atoms with Crippen LogP contribution in [0.2, 0.25) is 0 Å². The molecule has 28 heavy (non-hydrogen) atoms. The molecule has 0 N–H and O–H groups in total. The molecule has 0 amide bonds. The molecule has 138 valence electrons. The van der Waals surface area contributed by atoms with E-state index in [1.165, 1.54) is 12.1 Å². The Morgan fingerprint density at radius 3 is 2.29 bits per heavy atom. The highest BCUT2D eigenvalue weighted by atomic mass is 16.6. The van der Waals surface area contributed by atoms with E-state index >= 15 is 0 Å². The number of hydrogen-bond donors (Lipinski definition) is 0. The molecular formula is C22H15NO5. The Morgan fingerprint density at radius 2 is 1.61 bits per heavy atom. The number of carbonyl (C=O) groups is 1. The van der Waals surface area contributed by atoms with E-state index < -0.39 is 10.9 Å². The van der Waals surface area contributed by atoms with Crippen molar-refractivity contribution >= 4 is 23.5 Å². The number of nitro groups is 1. The minimum absolute atomic E-state index is 0.0140. The topological polar surface area (TPSA) is 82.6 Å². The monoisotopic (exact) mass is 373 g/mol. The lowest BCUT2D eigenvalue weighted by atomic mass is 10.1. The summed E-state index contributed by atoms with van der Waals surface area (Å²) in [5.41, 5.74) is 3.06. The molecule has 1 aromatic heterocycles. The average Bonchev–Trinajstić information content (AvgIpc) is 3.30. The van der Waals surface area contributed by atoms with Gasteiger partial charge >= 0.3 is 5.97 Å². The van der Waals surface area contributed by atoms with Crippen LogP contribution in [0.25, 0.3) is 23.2 Å². The number of rotatable bonds is 4. The van der Waals surface area contributed by atoms with Gasteiger partial charge < -0.3 is 9.15 Å². The maximum Gasteiger partial charge on any atom is 0.343 e. The molecule has 0 radical (unpaired) electrons. The fourth-order valence-corrected chi connectivity index (χ4v) is 2.84. The van der Waals surface area contributed by atoms with Crippen LogP contribution in [-0.4, -0.2) is 10.9 Å². The van der Waals surface area contributed by atoms with Crippen LogP contribution < -0.4 is 0 Å². The maximum atomic E-state index is 12.2. The summed E-state index contributed by atoms with van der Waals surface area (Å²) in [6, 6.07) is 17.3. The van der Waals surface area contributed by atoms with Crippen molar-refractivity contribution in [3.8, 4) is 11.3 Å². The van der Waals surface area contributed by atoms with Crippen LogP contribution in [0.1, 0.15) is 16.9 Å². The van der Waals surface area contributed by atoms with E-state index in [9.17, 15) is 14.9 Å². The SMILES string of the molecule is Cc1ccc(C2=C/C(=C/c3ccc(-c4ccc([N+](=O)[O-])cc4)o3)C(=O)O2)cc1. The smallest absolute Gasteiger partial charge is 0.343 e. The van der Waals surface area contributed by atoms with Crippen LogP contribution in [-0.2, 0) is 9.53 Å². The molecule has 1 aliphatic heterocycles. The summed E-state index contributed by atoms with van der Waals surface area (Å²) in [7, 11) is 0. The number of nitrogens with zero attached hydrogens (tertiary/aromatic N) is 1. The minimum Gasteiger partial charge on any atom is -0.457 e. The van der Waals surface area contributed by atoms with Gasteiger partial charge in [-0.2, -0.15) is 0 Å². The zero-order chi connectivity index (χ0) is 19.7. The van der Waals surface area contributed by atoms with Gasteiger partial charge in [0.05, 0.1) is 10.5 Å². The molecule has 1 aliphatic rings. The quantitative estimate of drug-likeness (QED) is 0.273. The lowest BCUT2D eigenvalue weighted by Gasteiger charge is -2.01. The Balaban J connectivity index is 1.58. The van der Waals surface area contributed by atoms with E-state index in [1.54, 1.807) is 36.4 Å². The summed E-state index contributed by atoms with van der Waals surface area (Å²) in [5, 5.41) is 10.7. The van der Waals surface area contributed by atoms with Crippen LogP contribution in [0, 0.1) is 17.0 Å². The Kier molecular flexibility index (Phi) is 4.37. The molecule has 6 heteroatoms. The average molecular weight is 373 g/mol. The first-order chi connectivity index (χ1) is 13.5. The van der Waals surface area contributed by atoms with Gasteiger partial charge in [-0.05, 0) is 43.3 Å². The van der Waals surface area contributed by atoms with Gasteiger partial charge in [0.2, 0.25) is 0 Å². The van der Waals surface area contributed by atoms with Crippen LogP contribution >= 0.6 is 0 Å². The van der Waals surface area contributed by atoms with Gasteiger partial charge in [-0.1, -0.05) is 29.8 Å².